The fourth-order valence-corrected chi connectivity index (χ4v) is 1.78. The van der Waals surface area contributed by atoms with E-state index < -0.39 is 4.92 Å². The number of nitrogens with two attached hydrogens (primary N) is 1. The second-order valence-electron chi connectivity index (χ2n) is 4.39. The summed E-state index contributed by atoms with van der Waals surface area (Å²) >= 11 is 0. The summed E-state index contributed by atoms with van der Waals surface area (Å²) in [5, 5.41) is 10.5. The van der Waals surface area contributed by atoms with Crippen LogP contribution < -0.4 is 5.73 Å². The largest absolute Gasteiger partial charge is 0.369 e. The quantitative estimate of drug-likeness (QED) is 0.354. The van der Waals surface area contributed by atoms with E-state index in [-0.39, 0.29) is 5.69 Å². The van der Waals surface area contributed by atoms with Gasteiger partial charge in [0.15, 0.2) is 11.8 Å². The highest BCUT2D eigenvalue weighted by atomic mass is 16.6. The van der Waals surface area contributed by atoms with Crippen molar-refractivity contribution in [2.24, 2.45) is 10.7 Å². The second kappa shape index (κ2) is 5.61. The minimum absolute atomic E-state index is 0.0582. The molecule has 8 heteroatoms. The normalized spacial score (nSPS) is 17.5. The first-order valence-electron chi connectivity index (χ1n) is 5.94. The fourth-order valence-electron chi connectivity index (χ4n) is 1.78. The predicted octanol–water partition coefficient (Wildman–Crippen LogP) is 0.183. The summed E-state index contributed by atoms with van der Waals surface area (Å²) in [6.45, 7) is 3.51. The zero-order valence-corrected chi connectivity index (χ0v) is 10.7. The molecule has 1 fully saturated rings. The lowest BCUT2D eigenvalue weighted by atomic mass is 10.3. The summed E-state index contributed by atoms with van der Waals surface area (Å²) in [5.41, 5.74) is 5.85. The molecule has 1 aromatic rings. The topological polar surface area (TPSA) is 101 Å². The Morgan fingerprint density at radius 1 is 1.42 bits per heavy atom. The molecule has 0 aliphatic carbocycles. The molecule has 102 valence electrons. The van der Waals surface area contributed by atoms with Crippen molar-refractivity contribution in [3.05, 3.63) is 28.4 Å². The standard InChI is InChI=1S/C11H16N6O2/c1-15-4-6-16(7-5-15)11(12)14-10-3-2-9(8-13-10)17(18)19/h2-3,8H,4-7H2,1H3,(H2,12,13,14). The first-order chi connectivity index (χ1) is 9.06. The molecular formula is C11H16N6O2. The molecule has 8 nitrogen and oxygen atoms in total. The number of hydrogen-bond acceptors (Lipinski definition) is 5. The van der Waals surface area contributed by atoms with E-state index in [4.69, 9.17) is 5.73 Å². The number of aromatic nitrogens is 1. The molecule has 1 aliphatic heterocycles. The molecule has 2 heterocycles. The third kappa shape index (κ3) is 3.38. The van der Waals surface area contributed by atoms with Crippen LogP contribution in [0.1, 0.15) is 0 Å². The minimum Gasteiger partial charge on any atom is -0.369 e. The van der Waals surface area contributed by atoms with Gasteiger partial charge in [0, 0.05) is 32.2 Å². The molecule has 0 unspecified atom stereocenters. The van der Waals surface area contributed by atoms with Gasteiger partial charge in [0.25, 0.3) is 5.69 Å². The van der Waals surface area contributed by atoms with E-state index in [0.29, 0.717) is 11.8 Å². The highest BCUT2D eigenvalue weighted by Gasteiger charge is 2.15. The maximum absolute atomic E-state index is 10.5. The van der Waals surface area contributed by atoms with Crippen molar-refractivity contribution in [1.29, 1.82) is 0 Å². The lowest BCUT2D eigenvalue weighted by Crippen LogP contribution is -2.49. The van der Waals surface area contributed by atoms with Crippen molar-refractivity contribution in [3.8, 4) is 0 Å². The molecule has 1 aliphatic rings. The van der Waals surface area contributed by atoms with Crippen LogP contribution in [0.2, 0.25) is 0 Å². The van der Waals surface area contributed by atoms with Gasteiger partial charge in [-0.15, -0.1) is 0 Å². The van der Waals surface area contributed by atoms with E-state index in [2.05, 4.69) is 21.9 Å². The summed E-state index contributed by atoms with van der Waals surface area (Å²) in [6, 6.07) is 2.85. The number of hydrogen-bond donors (Lipinski definition) is 1. The van der Waals surface area contributed by atoms with Crippen LogP contribution in [0, 0.1) is 10.1 Å². The molecule has 0 amide bonds. The molecule has 0 aromatic carbocycles. The van der Waals surface area contributed by atoms with Crippen LogP contribution >= 0.6 is 0 Å². The molecule has 2 N–H and O–H groups in total. The Balaban J connectivity index is 2.05. The summed E-state index contributed by atoms with van der Waals surface area (Å²) in [7, 11) is 2.06. The molecular weight excluding hydrogens is 248 g/mol. The predicted molar refractivity (Wildman–Crippen MR) is 71.2 cm³/mol. The number of pyridine rings is 1. The number of guanidine groups is 1. The first-order valence-corrected chi connectivity index (χ1v) is 5.94. The lowest BCUT2D eigenvalue weighted by molar-refractivity contribution is -0.385. The van der Waals surface area contributed by atoms with Crippen molar-refractivity contribution in [2.75, 3.05) is 33.2 Å². The summed E-state index contributed by atoms with van der Waals surface area (Å²) < 4.78 is 0. The lowest BCUT2D eigenvalue weighted by Gasteiger charge is -2.32. The summed E-state index contributed by atoms with van der Waals surface area (Å²) in [4.78, 5) is 22.3. The molecule has 0 spiro atoms. The minimum atomic E-state index is -0.496. The van der Waals surface area contributed by atoms with E-state index >= 15 is 0 Å². The van der Waals surface area contributed by atoms with Crippen LogP contribution in [-0.2, 0) is 0 Å². The number of nitrogens with zero attached hydrogens (tertiary/aromatic N) is 5. The Morgan fingerprint density at radius 2 is 2.11 bits per heavy atom. The van der Waals surface area contributed by atoms with Crippen LogP contribution in [0.25, 0.3) is 0 Å². The van der Waals surface area contributed by atoms with Crippen LogP contribution in [-0.4, -0.2) is 58.9 Å². The Labute approximate surface area is 110 Å². The van der Waals surface area contributed by atoms with Gasteiger partial charge < -0.3 is 15.5 Å². The van der Waals surface area contributed by atoms with Gasteiger partial charge in [-0.05, 0) is 13.1 Å². The highest BCUT2D eigenvalue weighted by molar-refractivity contribution is 5.80. The van der Waals surface area contributed by atoms with Gasteiger partial charge in [0.1, 0.15) is 6.20 Å². The molecule has 1 aromatic heterocycles. The number of likely N-dealkylation sites (N-methyl/N-ethyl adjacent to an activating group) is 1. The first kappa shape index (κ1) is 13.2. The molecule has 2 rings (SSSR count). The van der Waals surface area contributed by atoms with Crippen molar-refractivity contribution in [1.82, 2.24) is 14.8 Å². The number of aliphatic imine (C=N–C) groups is 1. The van der Waals surface area contributed by atoms with Crippen molar-refractivity contribution in [3.63, 3.8) is 0 Å². The number of piperazine rings is 1. The van der Waals surface area contributed by atoms with Crippen LogP contribution in [0.4, 0.5) is 11.5 Å². The van der Waals surface area contributed by atoms with Gasteiger partial charge in [-0.1, -0.05) is 0 Å². The molecule has 0 atom stereocenters. The SMILES string of the molecule is CN1CCN(C(N)=Nc2ccc([N+](=O)[O-])cn2)CC1. The third-order valence-electron chi connectivity index (χ3n) is 3.00. The van der Waals surface area contributed by atoms with Crippen LogP contribution in [0.5, 0.6) is 0 Å². The van der Waals surface area contributed by atoms with Gasteiger partial charge >= 0.3 is 0 Å². The second-order valence-corrected chi connectivity index (χ2v) is 4.39. The third-order valence-corrected chi connectivity index (χ3v) is 3.00. The fraction of sp³-hybridized carbons (Fsp3) is 0.455. The van der Waals surface area contributed by atoms with Gasteiger partial charge in [0.05, 0.1) is 4.92 Å². The molecule has 0 bridgehead atoms. The summed E-state index contributed by atoms with van der Waals surface area (Å²) in [5.74, 6) is 0.775. The van der Waals surface area contributed by atoms with E-state index in [0.717, 1.165) is 26.2 Å². The average molecular weight is 264 g/mol. The number of nitro groups is 1. The van der Waals surface area contributed by atoms with E-state index in [1.807, 2.05) is 4.90 Å². The van der Waals surface area contributed by atoms with Crippen molar-refractivity contribution >= 4 is 17.5 Å². The molecule has 0 saturated carbocycles. The van der Waals surface area contributed by atoms with E-state index in [1.165, 1.54) is 18.3 Å². The average Bonchev–Trinajstić information content (AvgIpc) is 2.40. The Kier molecular flexibility index (Phi) is 3.91. The monoisotopic (exact) mass is 264 g/mol. The Bertz CT molecular complexity index is 478. The molecule has 19 heavy (non-hydrogen) atoms. The van der Waals surface area contributed by atoms with E-state index in [9.17, 15) is 10.1 Å². The van der Waals surface area contributed by atoms with E-state index in [1.54, 1.807) is 0 Å². The zero-order valence-electron chi connectivity index (χ0n) is 10.7. The Morgan fingerprint density at radius 3 is 2.63 bits per heavy atom. The summed E-state index contributed by atoms with van der Waals surface area (Å²) in [6.07, 6.45) is 1.18. The van der Waals surface area contributed by atoms with Gasteiger partial charge in [-0.25, -0.2) is 4.98 Å². The van der Waals surface area contributed by atoms with Gasteiger partial charge in [-0.3, -0.25) is 10.1 Å². The van der Waals surface area contributed by atoms with Gasteiger partial charge in [-0.2, -0.15) is 4.99 Å². The van der Waals surface area contributed by atoms with Crippen molar-refractivity contribution in [2.45, 2.75) is 0 Å². The van der Waals surface area contributed by atoms with Crippen LogP contribution in [0.15, 0.2) is 23.3 Å². The van der Waals surface area contributed by atoms with Gasteiger partial charge in [0.2, 0.25) is 0 Å². The maximum Gasteiger partial charge on any atom is 0.287 e. The highest BCUT2D eigenvalue weighted by Crippen LogP contribution is 2.14. The maximum atomic E-state index is 10.5. The smallest absolute Gasteiger partial charge is 0.287 e. The zero-order chi connectivity index (χ0) is 13.8. The van der Waals surface area contributed by atoms with Crippen molar-refractivity contribution < 1.29 is 4.92 Å². The van der Waals surface area contributed by atoms with Crippen LogP contribution in [0.3, 0.4) is 0 Å². The molecule has 1 saturated heterocycles. The Hall–Kier alpha value is -2.22. The number of rotatable bonds is 2. The molecule has 0 radical (unpaired) electrons.